The molecule has 2 aliphatic rings. The highest BCUT2D eigenvalue weighted by Gasteiger charge is 2.30. The molecule has 0 bridgehead atoms. The first kappa shape index (κ1) is 15.8. The van der Waals surface area contributed by atoms with Gasteiger partial charge in [0, 0.05) is 17.1 Å². The Hall–Kier alpha value is -2.39. The van der Waals surface area contributed by atoms with E-state index in [9.17, 15) is 4.79 Å². The average molecular weight is 344 g/mol. The summed E-state index contributed by atoms with van der Waals surface area (Å²) in [6, 6.07) is 19.7. The normalized spacial score (nSPS) is 19.1. The molecule has 0 atom stereocenters. The van der Waals surface area contributed by atoms with Crippen LogP contribution in [0.1, 0.15) is 35.4 Å². The van der Waals surface area contributed by atoms with Crippen LogP contribution in [0.5, 0.6) is 0 Å². The van der Waals surface area contributed by atoms with E-state index in [0.717, 1.165) is 42.4 Å². The van der Waals surface area contributed by atoms with E-state index in [1.54, 1.807) is 0 Å². The van der Waals surface area contributed by atoms with Crippen molar-refractivity contribution >= 4 is 10.9 Å². The van der Waals surface area contributed by atoms with E-state index in [1.807, 2.05) is 18.2 Å². The van der Waals surface area contributed by atoms with Gasteiger partial charge in [-0.3, -0.25) is 9.69 Å². The van der Waals surface area contributed by atoms with Crippen LogP contribution in [-0.2, 0) is 12.8 Å². The number of para-hydroxylation sites is 1. The zero-order valence-corrected chi connectivity index (χ0v) is 14.9. The summed E-state index contributed by atoms with van der Waals surface area (Å²) in [5, 5.41) is 1.13. The van der Waals surface area contributed by atoms with Crippen LogP contribution in [0.4, 0.5) is 0 Å². The summed E-state index contributed by atoms with van der Waals surface area (Å²) < 4.78 is 0. The molecule has 2 heterocycles. The van der Waals surface area contributed by atoms with Crippen LogP contribution < -0.4 is 5.56 Å². The number of aromatic nitrogens is 1. The summed E-state index contributed by atoms with van der Waals surface area (Å²) in [7, 11) is 0. The summed E-state index contributed by atoms with van der Waals surface area (Å²) in [5.74, 6) is 0.378. The second-order valence-electron chi connectivity index (χ2n) is 7.78. The van der Waals surface area contributed by atoms with E-state index in [1.165, 1.54) is 24.0 Å². The molecule has 1 N–H and O–H groups in total. The van der Waals surface area contributed by atoms with Crippen molar-refractivity contribution in [3.8, 4) is 0 Å². The summed E-state index contributed by atoms with van der Waals surface area (Å²) >= 11 is 0. The van der Waals surface area contributed by atoms with E-state index >= 15 is 0 Å². The predicted octanol–water partition coefficient (Wildman–Crippen LogP) is 3.87. The lowest BCUT2D eigenvalue weighted by Gasteiger charge is -2.36. The monoisotopic (exact) mass is 344 g/mol. The number of nitrogens with zero attached hydrogens (tertiary/aromatic N) is 1. The SMILES string of the molecule is O=c1[nH]c2ccccc2cc1C1CCN(C2Cc3ccccc3C2)CC1. The van der Waals surface area contributed by atoms with Crippen molar-refractivity contribution in [1.29, 1.82) is 0 Å². The van der Waals surface area contributed by atoms with E-state index < -0.39 is 0 Å². The van der Waals surface area contributed by atoms with Crippen molar-refractivity contribution in [1.82, 2.24) is 9.88 Å². The highest BCUT2D eigenvalue weighted by atomic mass is 16.1. The molecule has 132 valence electrons. The first-order valence-corrected chi connectivity index (χ1v) is 9.71. The number of benzene rings is 2. The number of fused-ring (bicyclic) bond motifs is 2. The smallest absolute Gasteiger partial charge is 0.251 e. The van der Waals surface area contributed by atoms with E-state index in [2.05, 4.69) is 46.3 Å². The van der Waals surface area contributed by atoms with Crippen molar-refractivity contribution in [3.05, 3.63) is 81.6 Å². The van der Waals surface area contributed by atoms with Crippen molar-refractivity contribution < 1.29 is 0 Å². The van der Waals surface area contributed by atoms with Crippen molar-refractivity contribution in [2.24, 2.45) is 0 Å². The number of aromatic amines is 1. The van der Waals surface area contributed by atoms with Crippen molar-refractivity contribution in [2.45, 2.75) is 37.6 Å². The van der Waals surface area contributed by atoms with Crippen molar-refractivity contribution in [3.63, 3.8) is 0 Å². The molecule has 1 aliphatic heterocycles. The minimum absolute atomic E-state index is 0.0930. The number of pyridine rings is 1. The fourth-order valence-electron chi connectivity index (χ4n) is 4.84. The summed E-state index contributed by atoms with van der Waals surface area (Å²) in [6.07, 6.45) is 4.51. The average Bonchev–Trinajstić information content (AvgIpc) is 3.12. The molecule has 0 radical (unpaired) electrons. The Morgan fingerprint density at radius 3 is 2.27 bits per heavy atom. The largest absolute Gasteiger partial charge is 0.322 e. The molecule has 0 unspecified atom stereocenters. The Kier molecular flexibility index (Phi) is 3.90. The number of hydrogen-bond donors (Lipinski definition) is 1. The Balaban J connectivity index is 1.31. The molecule has 0 spiro atoms. The lowest BCUT2D eigenvalue weighted by atomic mass is 9.88. The predicted molar refractivity (Wildman–Crippen MR) is 106 cm³/mol. The molecule has 3 nitrogen and oxygen atoms in total. The van der Waals surface area contributed by atoms with Crippen LogP contribution >= 0.6 is 0 Å². The molecule has 1 aliphatic carbocycles. The molecule has 26 heavy (non-hydrogen) atoms. The second kappa shape index (κ2) is 6.40. The first-order chi connectivity index (χ1) is 12.8. The van der Waals surface area contributed by atoms with Gasteiger partial charge in [-0.2, -0.15) is 0 Å². The molecule has 1 saturated heterocycles. The van der Waals surface area contributed by atoms with Gasteiger partial charge in [0.05, 0.1) is 0 Å². The molecule has 0 saturated carbocycles. The minimum Gasteiger partial charge on any atom is -0.322 e. The van der Waals surface area contributed by atoms with Crippen LogP contribution in [0, 0.1) is 0 Å². The number of rotatable bonds is 2. The molecule has 0 amide bonds. The molecule has 5 rings (SSSR count). The van der Waals surface area contributed by atoms with Crippen LogP contribution in [0.15, 0.2) is 59.4 Å². The molecule has 3 heteroatoms. The van der Waals surface area contributed by atoms with Gasteiger partial charge in [-0.05, 0) is 73.3 Å². The minimum atomic E-state index is 0.0930. The Labute approximate surface area is 153 Å². The maximum Gasteiger partial charge on any atom is 0.251 e. The summed E-state index contributed by atoms with van der Waals surface area (Å²) in [4.78, 5) is 18.3. The topological polar surface area (TPSA) is 36.1 Å². The zero-order chi connectivity index (χ0) is 17.5. The van der Waals surface area contributed by atoms with Crippen LogP contribution in [0.25, 0.3) is 10.9 Å². The second-order valence-corrected chi connectivity index (χ2v) is 7.78. The first-order valence-electron chi connectivity index (χ1n) is 9.71. The van der Waals surface area contributed by atoms with Gasteiger partial charge >= 0.3 is 0 Å². The van der Waals surface area contributed by atoms with Gasteiger partial charge in [-0.15, -0.1) is 0 Å². The van der Waals surface area contributed by atoms with E-state index in [0.29, 0.717) is 12.0 Å². The standard InChI is InChI=1S/C23H24N2O/c26-23-21(15-19-7-3-4-8-22(19)24-23)16-9-11-25(12-10-16)20-13-17-5-1-2-6-18(17)14-20/h1-8,15-16,20H,9-14H2,(H,24,26). The Morgan fingerprint density at radius 2 is 1.54 bits per heavy atom. The lowest BCUT2D eigenvalue weighted by Crippen LogP contribution is -2.42. The third-order valence-electron chi connectivity index (χ3n) is 6.30. The van der Waals surface area contributed by atoms with Gasteiger partial charge in [0.1, 0.15) is 0 Å². The maximum absolute atomic E-state index is 12.5. The van der Waals surface area contributed by atoms with E-state index in [4.69, 9.17) is 0 Å². The fraction of sp³-hybridized carbons (Fsp3) is 0.348. The third kappa shape index (κ3) is 2.77. The highest BCUT2D eigenvalue weighted by molar-refractivity contribution is 5.78. The van der Waals surface area contributed by atoms with E-state index in [-0.39, 0.29) is 5.56 Å². The molecule has 3 aromatic rings. The highest BCUT2D eigenvalue weighted by Crippen LogP contribution is 2.32. The number of hydrogen-bond acceptors (Lipinski definition) is 2. The van der Waals surface area contributed by atoms with Crippen LogP contribution in [0.3, 0.4) is 0 Å². The van der Waals surface area contributed by atoms with Gasteiger partial charge in [0.2, 0.25) is 0 Å². The Bertz CT molecular complexity index is 973. The molecule has 2 aromatic carbocycles. The number of piperidine rings is 1. The molecule has 1 fully saturated rings. The molecule has 1 aromatic heterocycles. The zero-order valence-electron chi connectivity index (χ0n) is 14.9. The fourth-order valence-corrected chi connectivity index (χ4v) is 4.84. The maximum atomic E-state index is 12.5. The number of nitrogens with one attached hydrogen (secondary N) is 1. The summed E-state index contributed by atoms with van der Waals surface area (Å²) in [5.41, 5.74) is 5.03. The third-order valence-corrected chi connectivity index (χ3v) is 6.30. The van der Waals surface area contributed by atoms with Gasteiger partial charge < -0.3 is 4.98 Å². The molecular formula is C23H24N2O. The van der Waals surface area contributed by atoms with Crippen LogP contribution in [-0.4, -0.2) is 29.0 Å². The van der Waals surface area contributed by atoms with Crippen molar-refractivity contribution in [2.75, 3.05) is 13.1 Å². The number of H-pyrrole nitrogens is 1. The van der Waals surface area contributed by atoms with Gasteiger partial charge in [-0.25, -0.2) is 0 Å². The van der Waals surface area contributed by atoms with Crippen LogP contribution in [0.2, 0.25) is 0 Å². The van der Waals surface area contributed by atoms with Gasteiger partial charge in [0.25, 0.3) is 5.56 Å². The number of likely N-dealkylation sites (tertiary alicyclic amines) is 1. The quantitative estimate of drug-likeness (QED) is 0.766. The van der Waals surface area contributed by atoms with Gasteiger partial charge in [-0.1, -0.05) is 42.5 Å². The Morgan fingerprint density at radius 1 is 0.885 bits per heavy atom. The summed E-state index contributed by atoms with van der Waals surface area (Å²) in [6.45, 7) is 2.19. The lowest BCUT2D eigenvalue weighted by molar-refractivity contribution is 0.156. The van der Waals surface area contributed by atoms with Gasteiger partial charge in [0.15, 0.2) is 0 Å². The molecular weight excluding hydrogens is 320 g/mol.